The third kappa shape index (κ3) is 3.70. The lowest BCUT2D eigenvalue weighted by Crippen LogP contribution is -2.16. The second kappa shape index (κ2) is 7.69. The Bertz CT molecular complexity index is 1470. The fraction of sp³-hybridized carbons (Fsp3) is 0.333. The lowest BCUT2D eigenvalue weighted by atomic mass is 9.92. The van der Waals surface area contributed by atoms with Crippen LogP contribution >= 0.6 is 0 Å². The second-order valence-corrected chi connectivity index (χ2v) is 10.7. The first-order chi connectivity index (χ1) is 15.6. The summed E-state index contributed by atoms with van der Waals surface area (Å²) in [6.45, 7) is 9.16. The van der Waals surface area contributed by atoms with Gasteiger partial charge in [0.1, 0.15) is 0 Å². The quantitative estimate of drug-likeness (QED) is 0.280. The molecule has 170 valence electrons. The van der Waals surface area contributed by atoms with E-state index >= 15 is 0 Å². The summed E-state index contributed by atoms with van der Waals surface area (Å²) in [5, 5.41) is 2.63. The van der Waals surface area contributed by atoms with Gasteiger partial charge in [0.25, 0.3) is 0 Å². The Hall–Kier alpha value is -3.20. The molecule has 0 radical (unpaired) electrons. The van der Waals surface area contributed by atoms with E-state index in [0.717, 1.165) is 6.42 Å². The highest BCUT2D eigenvalue weighted by atomic mass is 15.0. The van der Waals surface area contributed by atoms with Gasteiger partial charge >= 0.3 is 0 Å². The first-order valence-electron chi connectivity index (χ1n) is 11.9. The highest BCUT2D eigenvalue weighted by Crippen LogP contribution is 2.32. The number of hydrogen-bond acceptors (Lipinski definition) is 0. The number of nitrogens with zero attached hydrogens (tertiary/aromatic N) is 3. The van der Waals surface area contributed by atoms with Crippen molar-refractivity contribution in [2.24, 2.45) is 21.1 Å². The first kappa shape index (κ1) is 21.6. The molecule has 0 bridgehead atoms. The van der Waals surface area contributed by atoms with Crippen LogP contribution in [0.25, 0.3) is 33.1 Å². The van der Waals surface area contributed by atoms with E-state index in [2.05, 4.69) is 129 Å². The molecule has 2 aromatic carbocycles. The average molecular weight is 438 g/mol. The van der Waals surface area contributed by atoms with Crippen molar-refractivity contribution in [1.82, 2.24) is 13.7 Å². The Morgan fingerprint density at radius 2 is 1.52 bits per heavy atom. The molecule has 3 aromatic heterocycles. The molecule has 1 atom stereocenters. The van der Waals surface area contributed by atoms with Crippen LogP contribution in [-0.4, -0.2) is 13.7 Å². The fourth-order valence-corrected chi connectivity index (χ4v) is 5.35. The van der Waals surface area contributed by atoms with Gasteiger partial charge in [-0.3, -0.25) is 0 Å². The molecule has 0 aliphatic heterocycles. The van der Waals surface area contributed by atoms with E-state index in [9.17, 15) is 0 Å². The third-order valence-corrected chi connectivity index (χ3v) is 7.32. The smallest absolute Gasteiger partial charge is 0.0480 e. The molecular formula is C30H35N3. The normalized spacial score (nSPS) is 13.3. The SMILES string of the molecule is CC(Cc1cc2cc(-c3ccc(C(C)(C)C)n3C)ccc2n1C)c1ccc2c(ccn2C)c1. The summed E-state index contributed by atoms with van der Waals surface area (Å²) in [5.41, 5.74) is 9.41. The summed E-state index contributed by atoms with van der Waals surface area (Å²) < 4.78 is 6.89. The van der Waals surface area contributed by atoms with Gasteiger partial charge in [0.05, 0.1) is 0 Å². The minimum atomic E-state index is 0.135. The molecule has 5 aromatic rings. The Morgan fingerprint density at radius 3 is 2.24 bits per heavy atom. The average Bonchev–Trinajstić information content (AvgIpc) is 3.43. The maximum Gasteiger partial charge on any atom is 0.0480 e. The number of hydrogen-bond donors (Lipinski definition) is 0. The van der Waals surface area contributed by atoms with Crippen molar-refractivity contribution in [3.8, 4) is 11.3 Å². The van der Waals surface area contributed by atoms with Gasteiger partial charge in [-0.05, 0) is 77.4 Å². The van der Waals surface area contributed by atoms with Crippen LogP contribution in [0.2, 0.25) is 0 Å². The van der Waals surface area contributed by atoms with Crippen LogP contribution in [0.1, 0.15) is 50.6 Å². The van der Waals surface area contributed by atoms with Gasteiger partial charge in [-0.15, -0.1) is 0 Å². The van der Waals surface area contributed by atoms with Crippen molar-refractivity contribution in [2.75, 3.05) is 0 Å². The molecule has 0 fully saturated rings. The molecule has 1 unspecified atom stereocenters. The van der Waals surface area contributed by atoms with Gasteiger partial charge in [0.2, 0.25) is 0 Å². The van der Waals surface area contributed by atoms with Crippen LogP contribution in [0.5, 0.6) is 0 Å². The molecular weight excluding hydrogens is 402 g/mol. The summed E-state index contributed by atoms with van der Waals surface area (Å²) in [4.78, 5) is 0. The van der Waals surface area contributed by atoms with Crippen LogP contribution in [0, 0.1) is 0 Å². The zero-order chi connectivity index (χ0) is 23.5. The lowest BCUT2D eigenvalue weighted by Gasteiger charge is -2.20. The molecule has 0 aliphatic rings. The lowest BCUT2D eigenvalue weighted by molar-refractivity contribution is 0.544. The van der Waals surface area contributed by atoms with Crippen LogP contribution in [-0.2, 0) is 33.0 Å². The monoisotopic (exact) mass is 437 g/mol. The van der Waals surface area contributed by atoms with Crippen molar-refractivity contribution >= 4 is 21.8 Å². The van der Waals surface area contributed by atoms with Crippen molar-refractivity contribution in [3.05, 3.63) is 83.8 Å². The highest BCUT2D eigenvalue weighted by molar-refractivity contribution is 5.86. The maximum atomic E-state index is 2.38. The minimum Gasteiger partial charge on any atom is -0.351 e. The molecule has 0 N–H and O–H groups in total. The summed E-state index contributed by atoms with van der Waals surface area (Å²) in [6, 6.07) is 22.9. The Balaban J connectivity index is 1.46. The third-order valence-electron chi connectivity index (χ3n) is 7.32. The molecule has 33 heavy (non-hydrogen) atoms. The molecule has 3 nitrogen and oxygen atoms in total. The molecule has 5 rings (SSSR count). The van der Waals surface area contributed by atoms with E-state index in [0.29, 0.717) is 5.92 Å². The zero-order valence-corrected chi connectivity index (χ0v) is 21.0. The molecule has 0 saturated carbocycles. The number of benzene rings is 2. The Morgan fingerprint density at radius 1 is 0.758 bits per heavy atom. The van der Waals surface area contributed by atoms with E-state index in [4.69, 9.17) is 0 Å². The number of fused-ring (bicyclic) bond motifs is 2. The summed E-state index contributed by atoms with van der Waals surface area (Å²) in [5.74, 6) is 0.458. The highest BCUT2D eigenvalue weighted by Gasteiger charge is 2.20. The topological polar surface area (TPSA) is 14.8 Å². The van der Waals surface area contributed by atoms with Crippen molar-refractivity contribution in [2.45, 2.75) is 45.4 Å². The molecule has 3 heterocycles. The van der Waals surface area contributed by atoms with Crippen molar-refractivity contribution in [3.63, 3.8) is 0 Å². The van der Waals surface area contributed by atoms with Gasteiger partial charge in [0, 0.05) is 66.3 Å². The van der Waals surface area contributed by atoms with Crippen molar-refractivity contribution in [1.29, 1.82) is 0 Å². The van der Waals surface area contributed by atoms with Crippen LogP contribution in [0.3, 0.4) is 0 Å². The van der Waals surface area contributed by atoms with E-state index in [1.165, 1.54) is 50.0 Å². The van der Waals surface area contributed by atoms with Gasteiger partial charge < -0.3 is 13.7 Å². The number of aryl methyl sites for hydroxylation is 2. The molecule has 0 saturated heterocycles. The van der Waals surface area contributed by atoms with Crippen molar-refractivity contribution < 1.29 is 0 Å². The van der Waals surface area contributed by atoms with E-state index in [-0.39, 0.29) is 5.41 Å². The van der Waals surface area contributed by atoms with Gasteiger partial charge in [-0.25, -0.2) is 0 Å². The first-order valence-corrected chi connectivity index (χ1v) is 11.9. The van der Waals surface area contributed by atoms with Gasteiger partial charge in [-0.1, -0.05) is 39.8 Å². The molecule has 0 spiro atoms. The second-order valence-electron chi connectivity index (χ2n) is 10.7. The number of rotatable bonds is 4. The zero-order valence-electron chi connectivity index (χ0n) is 21.0. The summed E-state index contributed by atoms with van der Waals surface area (Å²) in [7, 11) is 6.49. The van der Waals surface area contributed by atoms with Crippen LogP contribution in [0.15, 0.2) is 66.9 Å². The maximum absolute atomic E-state index is 2.38. The van der Waals surface area contributed by atoms with E-state index in [1.807, 2.05) is 0 Å². The Kier molecular flexibility index (Phi) is 5.04. The standard InChI is InChI=1S/C30H35N3/c1-20(21-8-10-26-23(17-21)14-15-31(26)5)16-25-19-24-18-22(9-11-28(24)32(25)6)27-12-13-29(33(27)7)30(2,3)4/h8-15,17-20H,16H2,1-7H3. The molecule has 3 heteroatoms. The largest absolute Gasteiger partial charge is 0.351 e. The predicted octanol–water partition coefficient (Wildman–Crippen LogP) is 7.32. The van der Waals surface area contributed by atoms with E-state index in [1.54, 1.807) is 0 Å². The van der Waals surface area contributed by atoms with Crippen LogP contribution < -0.4 is 0 Å². The van der Waals surface area contributed by atoms with Gasteiger partial charge in [-0.2, -0.15) is 0 Å². The summed E-state index contributed by atoms with van der Waals surface area (Å²) >= 11 is 0. The molecule has 0 amide bonds. The predicted molar refractivity (Wildman–Crippen MR) is 141 cm³/mol. The minimum absolute atomic E-state index is 0.135. The molecule has 0 aliphatic carbocycles. The number of aromatic nitrogens is 3. The Labute approximate surface area is 197 Å². The van der Waals surface area contributed by atoms with Gasteiger partial charge in [0.15, 0.2) is 0 Å². The summed E-state index contributed by atoms with van der Waals surface area (Å²) in [6.07, 6.45) is 3.16. The fourth-order valence-electron chi connectivity index (χ4n) is 5.35. The van der Waals surface area contributed by atoms with E-state index < -0.39 is 0 Å². The van der Waals surface area contributed by atoms with Crippen LogP contribution in [0.4, 0.5) is 0 Å².